The third-order valence-electron chi connectivity index (χ3n) is 6.77. The number of hydrogen-bond donors (Lipinski definition) is 1. The SMILES string of the molecule is CC(Cc1ccc(-c2ncn(-c3ccc(OC(F)(F)F)cc3)n2)cc1)NC(=O)N=C1SCC(=O)N1c1cc(Cl)ccc1C(C)C. The van der Waals surface area contributed by atoms with Crippen LogP contribution in [-0.4, -0.2) is 50.0 Å². The Labute approximate surface area is 266 Å². The van der Waals surface area contributed by atoms with Crippen LogP contribution in [0.15, 0.2) is 78.0 Å². The molecule has 1 unspecified atom stereocenters. The maximum Gasteiger partial charge on any atom is 0.573 e. The van der Waals surface area contributed by atoms with E-state index in [2.05, 4.69) is 25.1 Å². The number of halogens is 4. The minimum absolute atomic E-state index is 0.131. The molecule has 9 nitrogen and oxygen atoms in total. The molecule has 1 fully saturated rings. The zero-order valence-electron chi connectivity index (χ0n) is 24.4. The Morgan fingerprint density at radius 1 is 1.09 bits per heavy atom. The first kappa shape index (κ1) is 32.0. The number of aromatic nitrogens is 3. The van der Waals surface area contributed by atoms with E-state index in [1.165, 1.54) is 51.9 Å². The lowest BCUT2D eigenvalue weighted by Crippen LogP contribution is -2.35. The second kappa shape index (κ2) is 13.3. The van der Waals surface area contributed by atoms with Crippen molar-refractivity contribution in [3.8, 4) is 22.8 Å². The molecule has 14 heteroatoms. The highest BCUT2D eigenvalue weighted by Crippen LogP contribution is 2.35. The van der Waals surface area contributed by atoms with Gasteiger partial charge in [-0.3, -0.25) is 9.69 Å². The lowest BCUT2D eigenvalue weighted by atomic mass is 10.0. The van der Waals surface area contributed by atoms with Gasteiger partial charge in [-0.05, 0) is 66.8 Å². The Bertz CT molecular complexity index is 1730. The van der Waals surface area contributed by atoms with E-state index in [9.17, 15) is 22.8 Å². The predicted octanol–water partition coefficient (Wildman–Crippen LogP) is 7.39. The van der Waals surface area contributed by atoms with E-state index in [4.69, 9.17) is 11.6 Å². The van der Waals surface area contributed by atoms with Crippen LogP contribution in [-0.2, 0) is 11.2 Å². The number of anilines is 1. The molecule has 1 aromatic heterocycles. The third-order valence-corrected chi connectivity index (χ3v) is 7.93. The molecule has 3 aromatic carbocycles. The summed E-state index contributed by atoms with van der Waals surface area (Å²) in [6, 6.07) is 17.3. The Hall–Kier alpha value is -4.36. The molecule has 4 aromatic rings. The molecule has 0 aliphatic carbocycles. The lowest BCUT2D eigenvalue weighted by molar-refractivity contribution is -0.274. The Morgan fingerprint density at radius 2 is 1.80 bits per heavy atom. The number of carbonyl (C=O) groups is 2. The fraction of sp³-hybridized carbons (Fsp3) is 0.258. The topological polar surface area (TPSA) is 102 Å². The summed E-state index contributed by atoms with van der Waals surface area (Å²) in [5.74, 6) is 0.242. The average Bonchev–Trinajstić information content (AvgIpc) is 3.60. The van der Waals surface area contributed by atoms with Crippen LogP contribution < -0.4 is 15.0 Å². The standard InChI is InChI=1S/C31H28ClF3N6O3S/c1-18(2)25-13-8-22(32)15-26(25)41-27(42)16-45-30(41)38-29(43)37-19(3)14-20-4-6-21(7-5-20)28-36-17-40(39-28)23-9-11-24(12-10-23)44-31(33,34)35/h4-13,15,17-19H,14,16H2,1-3H3,(H,37,43). The van der Waals surface area contributed by atoms with Crippen LogP contribution in [0, 0.1) is 0 Å². The van der Waals surface area contributed by atoms with Gasteiger partial charge in [-0.25, -0.2) is 14.5 Å². The fourth-order valence-electron chi connectivity index (χ4n) is 4.73. The molecule has 5 rings (SSSR count). The number of nitrogens with one attached hydrogen (secondary N) is 1. The van der Waals surface area contributed by atoms with E-state index in [-0.39, 0.29) is 29.4 Å². The van der Waals surface area contributed by atoms with Gasteiger partial charge in [0.2, 0.25) is 5.91 Å². The normalized spacial score (nSPS) is 15.2. The quantitative estimate of drug-likeness (QED) is 0.212. The first-order chi connectivity index (χ1) is 21.4. The minimum atomic E-state index is -4.76. The van der Waals surface area contributed by atoms with Gasteiger partial charge in [-0.2, -0.15) is 4.99 Å². The Balaban J connectivity index is 1.20. The van der Waals surface area contributed by atoms with Gasteiger partial charge < -0.3 is 10.1 Å². The van der Waals surface area contributed by atoms with Crippen LogP contribution in [0.2, 0.25) is 5.02 Å². The number of amides is 3. The van der Waals surface area contributed by atoms with E-state index in [1.54, 1.807) is 12.1 Å². The maximum atomic E-state index is 12.9. The fourth-order valence-corrected chi connectivity index (χ4v) is 5.75. The maximum absolute atomic E-state index is 12.9. The van der Waals surface area contributed by atoms with Gasteiger partial charge in [0, 0.05) is 16.6 Å². The molecule has 45 heavy (non-hydrogen) atoms. The summed E-state index contributed by atoms with van der Waals surface area (Å²) < 4.78 is 42.6. The van der Waals surface area contributed by atoms with Crippen molar-refractivity contribution in [3.05, 3.63) is 89.2 Å². The first-order valence-corrected chi connectivity index (χ1v) is 15.2. The molecule has 0 saturated carbocycles. The van der Waals surface area contributed by atoms with Crippen LogP contribution in [0.1, 0.15) is 37.8 Å². The Morgan fingerprint density at radius 3 is 2.47 bits per heavy atom. The molecule has 1 N–H and O–H groups in total. The summed E-state index contributed by atoms with van der Waals surface area (Å²) in [6.45, 7) is 5.90. The van der Waals surface area contributed by atoms with Crippen molar-refractivity contribution >= 4 is 46.2 Å². The Kier molecular flexibility index (Phi) is 9.49. The average molecular weight is 657 g/mol. The monoisotopic (exact) mass is 656 g/mol. The van der Waals surface area contributed by atoms with Crippen molar-refractivity contribution in [3.63, 3.8) is 0 Å². The van der Waals surface area contributed by atoms with Crippen molar-refractivity contribution in [2.45, 2.75) is 45.5 Å². The number of hydrogen-bond acceptors (Lipinski definition) is 6. The van der Waals surface area contributed by atoms with Crippen LogP contribution >= 0.6 is 23.4 Å². The van der Waals surface area contributed by atoms with E-state index in [0.29, 0.717) is 33.8 Å². The molecule has 2 heterocycles. The lowest BCUT2D eigenvalue weighted by Gasteiger charge is -2.22. The summed E-state index contributed by atoms with van der Waals surface area (Å²) in [6.07, 6.45) is -2.78. The number of ether oxygens (including phenoxy) is 1. The molecule has 0 bridgehead atoms. The molecule has 1 aliphatic rings. The van der Waals surface area contributed by atoms with Gasteiger partial charge in [0.05, 0.1) is 17.1 Å². The second-order valence-electron chi connectivity index (χ2n) is 10.6. The zero-order valence-corrected chi connectivity index (χ0v) is 26.0. The number of alkyl halides is 3. The number of aliphatic imine (C=N–C) groups is 1. The summed E-state index contributed by atoms with van der Waals surface area (Å²) in [5, 5.41) is 8.08. The van der Waals surface area contributed by atoms with Crippen LogP contribution in [0.3, 0.4) is 0 Å². The van der Waals surface area contributed by atoms with Crippen molar-refractivity contribution in [1.29, 1.82) is 0 Å². The predicted molar refractivity (Wildman–Crippen MR) is 168 cm³/mol. The van der Waals surface area contributed by atoms with Crippen LogP contribution in [0.4, 0.5) is 23.7 Å². The van der Waals surface area contributed by atoms with Gasteiger partial charge in [-0.1, -0.05) is 67.5 Å². The molecular weight excluding hydrogens is 629 g/mol. The molecule has 0 spiro atoms. The molecule has 234 valence electrons. The number of urea groups is 1. The molecule has 0 radical (unpaired) electrons. The summed E-state index contributed by atoms with van der Waals surface area (Å²) >= 11 is 7.44. The summed E-state index contributed by atoms with van der Waals surface area (Å²) in [5.41, 5.74) is 3.76. The highest BCUT2D eigenvalue weighted by atomic mass is 35.5. The van der Waals surface area contributed by atoms with Gasteiger partial charge in [0.15, 0.2) is 11.0 Å². The van der Waals surface area contributed by atoms with E-state index >= 15 is 0 Å². The second-order valence-corrected chi connectivity index (χ2v) is 12.0. The zero-order chi connectivity index (χ0) is 32.3. The number of amidine groups is 1. The summed E-state index contributed by atoms with van der Waals surface area (Å²) in [7, 11) is 0. The van der Waals surface area contributed by atoms with Gasteiger partial charge in [0.25, 0.3) is 0 Å². The van der Waals surface area contributed by atoms with E-state index in [1.807, 2.05) is 51.1 Å². The highest BCUT2D eigenvalue weighted by molar-refractivity contribution is 8.15. The van der Waals surface area contributed by atoms with Crippen molar-refractivity contribution in [1.82, 2.24) is 20.1 Å². The van der Waals surface area contributed by atoms with Crippen molar-refractivity contribution in [2.75, 3.05) is 10.7 Å². The number of carbonyl (C=O) groups excluding carboxylic acids is 2. The molecule has 1 aliphatic heterocycles. The van der Waals surface area contributed by atoms with Crippen LogP contribution in [0.25, 0.3) is 17.1 Å². The number of thioether (sulfide) groups is 1. The molecule has 1 atom stereocenters. The van der Waals surface area contributed by atoms with E-state index < -0.39 is 12.4 Å². The first-order valence-electron chi connectivity index (χ1n) is 13.9. The van der Waals surface area contributed by atoms with Crippen LogP contribution in [0.5, 0.6) is 5.75 Å². The number of nitrogens with zero attached hydrogens (tertiary/aromatic N) is 5. The van der Waals surface area contributed by atoms with Crippen molar-refractivity contribution < 1.29 is 27.5 Å². The summed E-state index contributed by atoms with van der Waals surface area (Å²) in [4.78, 5) is 35.6. The smallest absolute Gasteiger partial charge is 0.406 e. The molecule has 3 amide bonds. The number of rotatable bonds is 8. The molecule has 1 saturated heterocycles. The largest absolute Gasteiger partial charge is 0.573 e. The van der Waals surface area contributed by atoms with E-state index in [0.717, 1.165) is 16.7 Å². The number of benzene rings is 3. The van der Waals surface area contributed by atoms with Gasteiger partial charge in [0.1, 0.15) is 12.1 Å². The molecular formula is C31H28ClF3N6O3S. The van der Waals surface area contributed by atoms with Crippen molar-refractivity contribution in [2.24, 2.45) is 4.99 Å². The van der Waals surface area contributed by atoms with Gasteiger partial charge in [-0.15, -0.1) is 18.3 Å². The highest BCUT2D eigenvalue weighted by Gasteiger charge is 2.33. The van der Waals surface area contributed by atoms with Gasteiger partial charge >= 0.3 is 12.4 Å². The third kappa shape index (κ3) is 8.03. The minimum Gasteiger partial charge on any atom is -0.406 e.